The molecule has 5 saturated heterocycles. The Morgan fingerprint density at radius 1 is 0.960 bits per heavy atom. The van der Waals surface area contributed by atoms with E-state index in [1.807, 2.05) is 0 Å². The van der Waals surface area contributed by atoms with Gasteiger partial charge in [-0.3, -0.25) is 9.80 Å². The van der Waals surface area contributed by atoms with Crippen LogP contribution in [0.15, 0.2) is 24.3 Å². The van der Waals surface area contributed by atoms with Gasteiger partial charge in [-0.1, -0.05) is 12.1 Å². The zero-order valence-electron chi connectivity index (χ0n) is 15.3. The maximum Gasteiger partial charge on any atom is 0.118 e. The van der Waals surface area contributed by atoms with E-state index in [1.165, 1.54) is 50.9 Å². The van der Waals surface area contributed by atoms with E-state index < -0.39 is 0 Å². The highest BCUT2D eigenvalue weighted by molar-refractivity contribution is 5.33. The molecule has 6 rings (SSSR count). The van der Waals surface area contributed by atoms with Gasteiger partial charge in [0.1, 0.15) is 5.75 Å². The molecule has 0 spiro atoms. The summed E-state index contributed by atoms with van der Waals surface area (Å²) in [5, 5.41) is 0. The zero-order chi connectivity index (χ0) is 16.8. The summed E-state index contributed by atoms with van der Waals surface area (Å²) in [5.74, 6) is 2.51. The molecule has 25 heavy (non-hydrogen) atoms. The first-order chi connectivity index (χ1) is 12.3. The molecule has 0 saturated carbocycles. The molecule has 3 atom stereocenters. The van der Waals surface area contributed by atoms with Crippen molar-refractivity contribution >= 4 is 0 Å². The molecule has 5 fully saturated rings. The molecule has 2 bridgehead atoms. The fraction of sp³-hybridized carbons (Fsp3) is 0.714. The Kier molecular flexibility index (Phi) is 4.23. The van der Waals surface area contributed by atoms with E-state index in [-0.39, 0.29) is 0 Å². The molecule has 136 valence electrons. The van der Waals surface area contributed by atoms with E-state index in [9.17, 15) is 0 Å². The molecule has 5 heterocycles. The highest BCUT2D eigenvalue weighted by Crippen LogP contribution is 2.48. The Labute approximate surface area is 151 Å². The molecule has 0 N–H and O–H groups in total. The van der Waals surface area contributed by atoms with Gasteiger partial charge < -0.3 is 9.47 Å². The third kappa shape index (κ3) is 2.70. The maximum atomic E-state index is 5.64. The number of piperidine rings is 3. The maximum absolute atomic E-state index is 5.64. The van der Waals surface area contributed by atoms with E-state index in [2.05, 4.69) is 34.1 Å². The van der Waals surface area contributed by atoms with Crippen LogP contribution in [0, 0.1) is 5.92 Å². The number of hydrogen-bond acceptors (Lipinski definition) is 4. The van der Waals surface area contributed by atoms with Crippen LogP contribution in [0.25, 0.3) is 0 Å². The van der Waals surface area contributed by atoms with E-state index in [0.717, 1.165) is 37.0 Å². The Morgan fingerprint density at radius 2 is 1.68 bits per heavy atom. The van der Waals surface area contributed by atoms with Gasteiger partial charge in [0.05, 0.1) is 7.11 Å². The fourth-order valence-corrected chi connectivity index (χ4v) is 6.03. The third-order valence-corrected chi connectivity index (χ3v) is 7.24. The molecular weight excluding hydrogens is 312 g/mol. The van der Waals surface area contributed by atoms with E-state index in [0.29, 0.717) is 12.0 Å². The molecule has 0 unspecified atom stereocenters. The Morgan fingerprint density at radius 3 is 2.36 bits per heavy atom. The second-order valence-corrected chi connectivity index (χ2v) is 8.27. The first-order valence-corrected chi connectivity index (χ1v) is 10.1. The van der Waals surface area contributed by atoms with Gasteiger partial charge in [-0.25, -0.2) is 0 Å². The normalized spacial score (nSPS) is 38.7. The van der Waals surface area contributed by atoms with Crippen molar-refractivity contribution in [2.75, 3.05) is 40.0 Å². The number of nitrogens with zero attached hydrogens (tertiary/aromatic N) is 2. The number of ether oxygens (including phenoxy) is 2. The quantitative estimate of drug-likeness (QED) is 0.843. The van der Waals surface area contributed by atoms with Crippen LogP contribution in [0.1, 0.15) is 37.2 Å². The van der Waals surface area contributed by atoms with Crippen LogP contribution < -0.4 is 4.74 Å². The SMILES string of the molecule is COc1ccc([C@@H]2CN(C3CCOCC3)[C@@H]3C4CCN(CC4)[C@@H]32)cc1. The number of benzene rings is 1. The third-order valence-electron chi connectivity index (χ3n) is 7.24. The number of rotatable bonds is 3. The molecule has 4 heteroatoms. The topological polar surface area (TPSA) is 24.9 Å². The number of likely N-dealkylation sites (tertiary alicyclic amines) is 1. The lowest BCUT2D eigenvalue weighted by Gasteiger charge is -2.52. The van der Waals surface area contributed by atoms with Crippen LogP contribution in [0.4, 0.5) is 0 Å². The van der Waals surface area contributed by atoms with Crippen molar-refractivity contribution < 1.29 is 9.47 Å². The summed E-state index contributed by atoms with van der Waals surface area (Å²) < 4.78 is 11.0. The molecule has 0 radical (unpaired) electrons. The van der Waals surface area contributed by atoms with Crippen molar-refractivity contribution in [3.63, 3.8) is 0 Å². The second-order valence-electron chi connectivity index (χ2n) is 8.27. The average Bonchev–Trinajstić information content (AvgIpc) is 3.12. The van der Waals surface area contributed by atoms with Crippen LogP contribution in [0.3, 0.4) is 0 Å². The van der Waals surface area contributed by atoms with Crippen LogP contribution in [0.2, 0.25) is 0 Å². The van der Waals surface area contributed by atoms with Gasteiger partial charge >= 0.3 is 0 Å². The van der Waals surface area contributed by atoms with Crippen molar-refractivity contribution in [1.29, 1.82) is 0 Å². The van der Waals surface area contributed by atoms with E-state index in [4.69, 9.17) is 9.47 Å². The molecule has 0 aliphatic carbocycles. The minimum atomic E-state index is 0.641. The fourth-order valence-electron chi connectivity index (χ4n) is 6.03. The Balaban J connectivity index is 1.46. The molecule has 0 aromatic heterocycles. The minimum absolute atomic E-state index is 0.641. The summed E-state index contributed by atoms with van der Waals surface area (Å²) in [4.78, 5) is 5.71. The van der Waals surface area contributed by atoms with Crippen LogP contribution in [-0.4, -0.2) is 67.9 Å². The number of methoxy groups -OCH3 is 1. The smallest absolute Gasteiger partial charge is 0.118 e. The molecule has 5 aliphatic rings. The summed E-state index contributed by atoms with van der Waals surface area (Å²) in [7, 11) is 1.75. The number of hydrogen-bond donors (Lipinski definition) is 0. The second kappa shape index (κ2) is 6.57. The first kappa shape index (κ1) is 16.1. The van der Waals surface area contributed by atoms with Gasteiger partial charge in [0, 0.05) is 43.8 Å². The first-order valence-electron chi connectivity index (χ1n) is 10.1. The van der Waals surface area contributed by atoms with Crippen molar-refractivity contribution in [3.05, 3.63) is 29.8 Å². The Bertz CT molecular complexity index is 590. The zero-order valence-corrected chi connectivity index (χ0v) is 15.3. The molecule has 1 aromatic carbocycles. The van der Waals surface area contributed by atoms with Crippen molar-refractivity contribution in [2.45, 2.75) is 49.7 Å². The van der Waals surface area contributed by atoms with Crippen LogP contribution >= 0.6 is 0 Å². The predicted molar refractivity (Wildman–Crippen MR) is 98.2 cm³/mol. The van der Waals surface area contributed by atoms with Crippen molar-refractivity contribution in [2.24, 2.45) is 5.92 Å². The van der Waals surface area contributed by atoms with Gasteiger partial charge in [-0.2, -0.15) is 0 Å². The van der Waals surface area contributed by atoms with Gasteiger partial charge in [-0.05, 0) is 62.4 Å². The van der Waals surface area contributed by atoms with E-state index in [1.54, 1.807) is 7.11 Å². The van der Waals surface area contributed by atoms with E-state index >= 15 is 0 Å². The van der Waals surface area contributed by atoms with Gasteiger partial charge in [0.2, 0.25) is 0 Å². The standard InChI is InChI=1S/C21H30N2O2/c1-24-18-4-2-15(3-5-18)19-14-23(17-8-12-25-13-9-17)20-16-6-10-22(11-7-16)21(19)20/h2-5,16-17,19-21H,6-14H2,1H3/t19-,20+,21+/m0/s1. The van der Waals surface area contributed by atoms with Gasteiger partial charge in [0.25, 0.3) is 0 Å². The van der Waals surface area contributed by atoms with Gasteiger partial charge in [-0.15, -0.1) is 0 Å². The lowest BCUT2D eigenvalue weighted by Crippen LogP contribution is -2.61. The van der Waals surface area contributed by atoms with Crippen LogP contribution in [0.5, 0.6) is 5.75 Å². The summed E-state index contributed by atoms with van der Waals surface area (Å²) >= 11 is 0. The summed E-state index contributed by atoms with van der Waals surface area (Å²) in [6.07, 6.45) is 5.23. The molecule has 0 amide bonds. The Hall–Kier alpha value is -1.10. The monoisotopic (exact) mass is 342 g/mol. The van der Waals surface area contributed by atoms with Crippen molar-refractivity contribution in [1.82, 2.24) is 9.80 Å². The minimum Gasteiger partial charge on any atom is -0.497 e. The lowest BCUT2D eigenvalue weighted by atomic mass is 9.75. The predicted octanol–water partition coefficient (Wildman–Crippen LogP) is 2.74. The van der Waals surface area contributed by atoms with Gasteiger partial charge in [0.15, 0.2) is 0 Å². The summed E-state index contributed by atoms with van der Waals surface area (Å²) in [5.41, 5.74) is 1.50. The van der Waals surface area contributed by atoms with Crippen LogP contribution in [-0.2, 0) is 4.74 Å². The lowest BCUT2D eigenvalue weighted by molar-refractivity contribution is -0.0389. The molecule has 5 aliphatic heterocycles. The summed E-state index contributed by atoms with van der Waals surface area (Å²) in [6.45, 7) is 5.72. The number of fused-ring (bicyclic) bond motifs is 2. The molecule has 4 nitrogen and oxygen atoms in total. The summed E-state index contributed by atoms with van der Waals surface area (Å²) in [6, 6.07) is 11.1. The molecular formula is C21H30N2O2. The highest BCUT2D eigenvalue weighted by Gasteiger charge is 2.54. The van der Waals surface area contributed by atoms with Crippen molar-refractivity contribution in [3.8, 4) is 5.75 Å². The molecule has 1 aromatic rings. The largest absolute Gasteiger partial charge is 0.497 e. The average molecular weight is 342 g/mol. The highest BCUT2D eigenvalue weighted by atomic mass is 16.5.